The zero-order chi connectivity index (χ0) is 13.8. The maximum absolute atomic E-state index is 3.50. The van der Waals surface area contributed by atoms with Crippen molar-refractivity contribution in [1.82, 2.24) is 10.2 Å². The molecule has 0 aliphatic heterocycles. The molecule has 0 saturated carbocycles. The first-order chi connectivity index (χ1) is 8.67. The van der Waals surface area contributed by atoms with Gasteiger partial charge in [0.2, 0.25) is 0 Å². The molecule has 2 unspecified atom stereocenters. The third-order valence-electron chi connectivity index (χ3n) is 3.90. The second kappa shape index (κ2) is 12.0. The minimum atomic E-state index is 0.731. The summed E-state index contributed by atoms with van der Waals surface area (Å²) in [5.74, 6) is 0. The lowest BCUT2D eigenvalue weighted by molar-refractivity contribution is 0.139. The Bertz CT molecular complexity index is 170. The van der Waals surface area contributed by atoms with E-state index in [1.165, 1.54) is 58.2 Å². The minimum absolute atomic E-state index is 0.731. The molecule has 0 amide bonds. The topological polar surface area (TPSA) is 15.3 Å². The maximum atomic E-state index is 3.50. The highest BCUT2D eigenvalue weighted by atomic mass is 15.2. The molecule has 18 heavy (non-hydrogen) atoms. The molecule has 110 valence electrons. The number of unbranched alkanes of at least 4 members (excludes halogenated alkanes) is 1. The molecule has 0 aromatic rings. The Balaban J connectivity index is 3.92. The van der Waals surface area contributed by atoms with E-state index >= 15 is 0 Å². The molecule has 0 heterocycles. The molecule has 0 aliphatic carbocycles. The molecule has 0 radical (unpaired) electrons. The van der Waals surface area contributed by atoms with E-state index in [1.54, 1.807) is 0 Å². The predicted octanol–water partition coefficient (Wildman–Crippen LogP) is 4.06. The highest BCUT2D eigenvalue weighted by Crippen LogP contribution is 2.14. The summed E-state index contributed by atoms with van der Waals surface area (Å²) in [5, 5.41) is 3.50. The van der Waals surface area contributed by atoms with Gasteiger partial charge >= 0.3 is 0 Å². The minimum Gasteiger partial charge on any atom is -0.317 e. The van der Waals surface area contributed by atoms with Crippen LogP contribution in [0.3, 0.4) is 0 Å². The van der Waals surface area contributed by atoms with E-state index in [9.17, 15) is 0 Å². The van der Waals surface area contributed by atoms with Crippen molar-refractivity contribution in [1.29, 1.82) is 0 Å². The lowest BCUT2D eigenvalue weighted by Gasteiger charge is -2.34. The smallest absolute Gasteiger partial charge is 0.00702 e. The van der Waals surface area contributed by atoms with Gasteiger partial charge in [0.25, 0.3) is 0 Å². The van der Waals surface area contributed by atoms with Gasteiger partial charge < -0.3 is 5.32 Å². The van der Waals surface area contributed by atoms with Gasteiger partial charge in [-0.25, -0.2) is 0 Å². The molecular formula is C16H36N2. The van der Waals surface area contributed by atoms with Crippen LogP contribution in [-0.2, 0) is 0 Å². The molecule has 0 aromatic heterocycles. The van der Waals surface area contributed by atoms with Crippen LogP contribution in [-0.4, -0.2) is 36.6 Å². The molecule has 0 fully saturated rings. The lowest BCUT2D eigenvalue weighted by Crippen LogP contribution is -2.41. The third kappa shape index (κ3) is 8.10. The van der Waals surface area contributed by atoms with E-state index in [-0.39, 0.29) is 0 Å². The molecule has 0 aromatic carbocycles. The van der Waals surface area contributed by atoms with Crippen LogP contribution in [0.25, 0.3) is 0 Å². The number of nitrogens with one attached hydrogen (secondary N) is 1. The van der Waals surface area contributed by atoms with Gasteiger partial charge in [-0.3, -0.25) is 4.90 Å². The Hall–Kier alpha value is -0.0800. The summed E-state index contributed by atoms with van der Waals surface area (Å²) in [6.07, 6.45) is 7.78. The standard InChI is InChI=1S/C16H36N2/c1-6-9-14-18(15(4)8-3)16(5)11-10-13-17-12-7-2/h15-17H,6-14H2,1-5H3. The first kappa shape index (κ1) is 17.9. The summed E-state index contributed by atoms with van der Waals surface area (Å²) < 4.78 is 0. The molecule has 1 N–H and O–H groups in total. The normalized spacial score (nSPS) is 15.0. The number of hydrogen-bond donors (Lipinski definition) is 1. The van der Waals surface area contributed by atoms with Gasteiger partial charge in [0.05, 0.1) is 0 Å². The van der Waals surface area contributed by atoms with Crippen LogP contribution in [0.1, 0.15) is 73.1 Å². The Morgan fingerprint density at radius 2 is 1.61 bits per heavy atom. The Morgan fingerprint density at radius 3 is 2.17 bits per heavy atom. The fourth-order valence-electron chi connectivity index (χ4n) is 2.44. The van der Waals surface area contributed by atoms with Crippen molar-refractivity contribution in [3.63, 3.8) is 0 Å². The van der Waals surface area contributed by atoms with Gasteiger partial charge in [-0.15, -0.1) is 0 Å². The molecule has 0 spiro atoms. The van der Waals surface area contributed by atoms with Crippen LogP contribution in [0.2, 0.25) is 0 Å². The van der Waals surface area contributed by atoms with Crippen molar-refractivity contribution in [3.05, 3.63) is 0 Å². The predicted molar refractivity (Wildman–Crippen MR) is 83.2 cm³/mol. The van der Waals surface area contributed by atoms with Gasteiger partial charge in [-0.1, -0.05) is 27.2 Å². The van der Waals surface area contributed by atoms with Gasteiger partial charge in [0.15, 0.2) is 0 Å². The Kier molecular flexibility index (Phi) is 11.9. The van der Waals surface area contributed by atoms with Crippen molar-refractivity contribution in [3.8, 4) is 0 Å². The van der Waals surface area contributed by atoms with Gasteiger partial charge in [0, 0.05) is 12.1 Å². The average Bonchev–Trinajstić information content (AvgIpc) is 2.38. The van der Waals surface area contributed by atoms with Gasteiger partial charge in [-0.2, -0.15) is 0 Å². The van der Waals surface area contributed by atoms with Crippen molar-refractivity contribution in [2.75, 3.05) is 19.6 Å². The maximum Gasteiger partial charge on any atom is 0.00702 e. The zero-order valence-corrected chi connectivity index (χ0v) is 13.5. The summed E-state index contributed by atoms with van der Waals surface area (Å²) in [7, 11) is 0. The SMILES string of the molecule is CCCCN(C(C)CC)C(C)CCCNCCC. The molecule has 2 atom stereocenters. The molecule has 0 rings (SSSR count). The van der Waals surface area contributed by atoms with Crippen LogP contribution in [0.5, 0.6) is 0 Å². The van der Waals surface area contributed by atoms with Crippen molar-refractivity contribution in [2.45, 2.75) is 85.2 Å². The average molecular weight is 256 g/mol. The second-order valence-electron chi connectivity index (χ2n) is 5.59. The number of nitrogens with zero attached hydrogens (tertiary/aromatic N) is 1. The lowest BCUT2D eigenvalue weighted by atomic mass is 10.1. The van der Waals surface area contributed by atoms with E-state index in [0.717, 1.165) is 12.1 Å². The molecule has 0 aliphatic rings. The van der Waals surface area contributed by atoms with Crippen molar-refractivity contribution in [2.24, 2.45) is 0 Å². The van der Waals surface area contributed by atoms with Crippen molar-refractivity contribution < 1.29 is 0 Å². The summed E-state index contributed by atoms with van der Waals surface area (Å²) in [6, 6.07) is 1.46. The van der Waals surface area contributed by atoms with E-state index in [2.05, 4.69) is 44.8 Å². The third-order valence-corrected chi connectivity index (χ3v) is 3.90. The van der Waals surface area contributed by atoms with E-state index in [4.69, 9.17) is 0 Å². The fourth-order valence-corrected chi connectivity index (χ4v) is 2.44. The molecule has 0 saturated heterocycles. The monoisotopic (exact) mass is 256 g/mol. The van der Waals surface area contributed by atoms with Crippen LogP contribution >= 0.6 is 0 Å². The summed E-state index contributed by atoms with van der Waals surface area (Å²) in [4.78, 5) is 2.71. The summed E-state index contributed by atoms with van der Waals surface area (Å²) in [5.41, 5.74) is 0. The van der Waals surface area contributed by atoms with E-state index in [1.807, 2.05) is 0 Å². The fraction of sp³-hybridized carbons (Fsp3) is 1.00. The van der Waals surface area contributed by atoms with Crippen LogP contribution in [0, 0.1) is 0 Å². The molecule has 2 nitrogen and oxygen atoms in total. The Morgan fingerprint density at radius 1 is 0.889 bits per heavy atom. The Labute approximate surface area is 116 Å². The summed E-state index contributed by atoms with van der Waals surface area (Å²) >= 11 is 0. The van der Waals surface area contributed by atoms with E-state index < -0.39 is 0 Å². The first-order valence-corrected chi connectivity index (χ1v) is 8.13. The highest BCUT2D eigenvalue weighted by Gasteiger charge is 2.17. The van der Waals surface area contributed by atoms with Gasteiger partial charge in [0.1, 0.15) is 0 Å². The first-order valence-electron chi connectivity index (χ1n) is 8.13. The van der Waals surface area contributed by atoms with Crippen LogP contribution < -0.4 is 5.32 Å². The van der Waals surface area contributed by atoms with Crippen molar-refractivity contribution >= 4 is 0 Å². The zero-order valence-electron chi connectivity index (χ0n) is 13.5. The summed E-state index contributed by atoms with van der Waals surface area (Å²) in [6.45, 7) is 15.2. The number of hydrogen-bond acceptors (Lipinski definition) is 2. The number of rotatable bonds is 12. The second-order valence-corrected chi connectivity index (χ2v) is 5.59. The molecule has 2 heteroatoms. The quantitative estimate of drug-likeness (QED) is 0.530. The van der Waals surface area contributed by atoms with Gasteiger partial charge in [-0.05, 0) is 65.6 Å². The van der Waals surface area contributed by atoms with Crippen LogP contribution in [0.4, 0.5) is 0 Å². The molecular weight excluding hydrogens is 220 g/mol. The van der Waals surface area contributed by atoms with Crippen LogP contribution in [0.15, 0.2) is 0 Å². The molecule has 0 bridgehead atoms. The van der Waals surface area contributed by atoms with E-state index in [0.29, 0.717) is 0 Å². The highest BCUT2D eigenvalue weighted by molar-refractivity contribution is 4.73. The largest absolute Gasteiger partial charge is 0.317 e.